The van der Waals surface area contributed by atoms with Crippen LogP contribution in [-0.2, 0) is 4.79 Å². The van der Waals surface area contributed by atoms with Gasteiger partial charge in [0.1, 0.15) is 11.4 Å². The second kappa shape index (κ2) is 6.68. The van der Waals surface area contributed by atoms with Gasteiger partial charge in [0.2, 0.25) is 5.91 Å². The summed E-state index contributed by atoms with van der Waals surface area (Å²) in [6, 6.07) is 10.5. The Hall–Kier alpha value is -1.57. The first-order valence-electron chi connectivity index (χ1n) is 6.47. The molecule has 1 aromatic carbocycles. The van der Waals surface area contributed by atoms with Crippen LogP contribution in [0.25, 0.3) is 20.7 Å². The maximum atomic E-state index is 11.0. The maximum absolute atomic E-state index is 11.0. The molecule has 0 saturated carbocycles. The van der Waals surface area contributed by atoms with E-state index >= 15 is 0 Å². The minimum absolute atomic E-state index is 0.224. The Balaban J connectivity index is 1.97. The third-order valence-electron chi connectivity index (χ3n) is 3.00. The average molecular weight is 347 g/mol. The van der Waals surface area contributed by atoms with Crippen molar-refractivity contribution in [3.8, 4) is 10.4 Å². The van der Waals surface area contributed by atoms with Crippen LogP contribution in [0.2, 0.25) is 0 Å². The van der Waals surface area contributed by atoms with Crippen LogP contribution in [0.3, 0.4) is 0 Å². The topological polar surface area (TPSA) is 68.9 Å². The van der Waals surface area contributed by atoms with Crippen LogP contribution < -0.4 is 5.73 Å². The fraction of sp³-hybridized carbons (Fsp3) is 0.133. The molecule has 2 N–H and O–H groups in total. The van der Waals surface area contributed by atoms with E-state index in [4.69, 9.17) is 5.73 Å². The number of primary amides is 1. The largest absolute Gasteiger partial charge is 0.369 e. The number of nitrogens with zero attached hydrogens (tertiary/aromatic N) is 2. The first kappa shape index (κ1) is 15.3. The fourth-order valence-electron chi connectivity index (χ4n) is 1.97. The summed E-state index contributed by atoms with van der Waals surface area (Å²) < 4.78 is 0.998. The zero-order chi connectivity index (χ0) is 15.5. The predicted molar refractivity (Wildman–Crippen MR) is 94.6 cm³/mol. The van der Waals surface area contributed by atoms with Gasteiger partial charge < -0.3 is 5.73 Å². The summed E-state index contributed by atoms with van der Waals surface area (Å²) in [5.74, 6) is -0.122. The van der Waals surface area contributed by atoms with Gasteiger partial charge in [0.05, 0.1) is 16.0 Å². The molecule has 0 saturated heterocycles. The molecule has 2 aromatic heterocycles. The molecule has 0 aliphatic carbocycles. The first-order valence-corrected chi connectivity index (χ1v) is 9.50. The lowest BCUT2D eigenvalue weighted by atomic mass is 10.2. The Labute approximate surface area is 140 Å². The van der Waals surface area contributed by atoms with Crippen molar-refractivity contribution in [3.05, 3.63) is 36.7 Å². The van der Waals surface area contributed by atoms with Gasteiger partial charge in [-0.3, -0.25) is 4.79 Å². The van der Waals surface area contributed by atoms with Gasteiger partial charge in [-0.1, -0.05) is 23.9 Å². The third kappa shape index (κ3) is 3.26. The van der Waals surface area contributed by atoms with Gasteiger partial charge in [-0.05, 0) is 30.0 Å². The number of fused-ring (bicyclic) bond motifs is 1. The Morgan fingerprint density at radius 2 is 2.05 bits per heavy atom. The lowest BCUT2D eigenvalue weighted by Crippen LogP contribution is -2.13. The van der Waals surface area contributed by atoms with Crippen LogP contribution in [-0.4, -0.2) is 27.9 Å². The van der Waals surface area contributed by atoms with E-state index in [0.29, 0.717) is 0 Å². The highest BCUT2D eigenvalue weighted by molar-refractivity contribution is 8.00. The third-order valence-corrected chi connectivity index (χ3v) is 6.07. The van der Waals surface area contributed by atoms with Crippen molar-refractivity contribution in [2.45, 2.75) is 9.92 Å². The standard InChI is InChI=1S/C15H13N3OS3/c1-20-10-4-2-9(3-5-10)12-6-11-14(22-12)15(18-8-17-11)21-7-13(16)19/h2-6,8H,7H2,1H3,(H2,16,19). The van der Waals surface area contributed by atoms with Crippen molar-refractivity contribution >= 4 is 51.0 Å². The van der Waals surface area contributed by atoms with Crippen molar-refractivity contribution in [2.24, 2.45) is 5.73 Å². The van der Waals surface area contributed by atoms with Crippen LogP contribution in [0.4, 0.5) is 0 Å². The molecule has 0 bridgehead atoms. The van der Waals surface area contributed by atoms with E-state index in [0.717, 1.165) is 25.7 Å². The molecule has 0 spiro atoms. The quantitative estimate of drug-likeness (QED) is 0.563. The molecule has 1 amide bonds. The van der Waals surface area contributed by atoms with E-state index in [-0.39, 0.29) is 11.7 Å². The number of carbonyl (C=O) groups excluding carboxylic acids is 1. The lowest BCUT2D eigenvalue weighted by Gasteiger charge is -1.99. The van der Waals surface area contributed by atoms with Crippen LogP contribution in [0, 0.1) is 0 Å². The first-order chi connectivity index (χ1) is 10.7. The summed E-state index contributed by atoms with van der Waals surface area (Å²) in [7, 11) is 0. The van der Waals surface area contributed by atoms with Crippen molar-refractivity contribution < 1.29 is 4.79 Å². The second-order valence-electron chi connectivity index (χ2n) is 4.49. The molecule has 4 nitrogen and oxygen atoms in total. The number of carbonyl (C=O) groups is 1. The molecule has 2 heterocycles. The number of thioether (sulfide) groups is 2. The Kier molecular flexibility index (Phi) is 4.66. The molecular weight excluding hydrogens is 334 g/mol. The van der Waals surface area contributed by atoms with Crippen LogP contribution in [0.15, 0.2) is 46.6 Å². The molecule has 0 radical (unpaired) electrons. The van der Waals surface area contributed by atoms with Crippen molar-refractivity contribution in [2.75, 3.05) is 12.0 Å². The van der Waals surface area contributed by atoms with Crippen molar-refractivity contribution in [3.63, 3.8) is 0 Å². The molecule has 0 fully saturated rings. The number of amides is 1. The number of hydrogen-bond acceptors (Lipinski definition) is 6. The Morgan fingerprint density at radius 3 is 2.73 bits per heavy atom. The summed E-state index contributed by atoms with van der Waals surface area (Å²) in [5, 5.41) is 0.806. The molecule has 112 valence electrons. The molecule has 0 atom stereocenters. The molecule has 3 aromatic rings. The molecule has 0 unspecified atom stereocenters. The SMILES string of the molecule is CSc1ccc(-c2cc3ncnc(SCC(N)=O)c3s2)cc1. The van der Waals surface area contributed by atoms with Gasteiger partial charge in [-0.25, -0.2) is 9.97 Å². The number of rotatable bonds is 5. The number of hydrogen-bond donors (Lipinski definition) is 1. The number of thiophene rings is 1. The fourth-order valence-corrected chi connectivity index (χ4v) is 4.32. The molecule has 3 rings (SSSR count). The van der Waals surface area contributed by atoms with Gasteiger partial charge in [0, 0.05) is 9.77 Å². The smallest absolute Gasteiger partial charge is 0.227 e. The van der Waals surface area contributed by atoms with E-state index < -0.39 is 0 Å². The van der Waals surface area contributed by atoms with Crippen LogP contribution in [0.1, 0.15) is 0 Å². The second-order valence-corrected chi connectivity index (χ2v) is 7.38. The summed E-state index contributed by atoms with van der Waals surface area (Å²) in [6.07, 6.45) is 3.59. The highest BCUT2D eigenvalue weighted by Gasteiger charge is 2.11. The van der Waals surface area contributed by atoms with Gasteiger partial charge in [-0.2, -0.15) is 0 Å². The van der Waals surface area contributed by atoms with Crippen LogP contribution in [0.5, 0.6) is 0 Å². The Bertz CT molecular complexity index is 815. The average Bonchev–Trinajstić information content (AvgIpc) is 2.97. The lowest BCUT2D eigenvalue weighted by molar-refractivity contribution is -0.115. The zero-order valence-electron chi connectivity index (χ0n) is 11.8. The van der Waals surface area contributed by atoms with Crippen LogP contribution >= 0.6 is 34.9 Å². The summed E-state index contributed by atoms with van der Waals surface area (Å²) >= 11 is 4.71. The summed E-state index contributed by atoms with van der Waals surface area (Å²) in [4.78, 5) is 21.9. The number of benzene rings is 1. The predicted octanol–water partition coefficient (Wildman–Crippen LogP) is 3.66. The van der Waals surface area contributed by atoms with E-state index in [2.05, 4.69) is 46.6 Å². The van der Waals surface area contributed by atoms with Gasteiger partial charge in [0.25, 0.3) is 0 Å². The summed E-state index contributed by atoms with van der Waals surface area (Å²) in [6.45, 7) is 0. The molecular formula is C15H13N3OS3. The minimum atomic E-state index is -0.346. The van der Waals surface area contributed by atoms with Crippen molar-refractivity contribution in [1.29, 1.82) is 0 Å². The van der Waals surface area contributed by atoms with Crippen molar-refractivity contribution in [1.82, 2.24) is 9.97 Å². The zero-order valence-corrected chi connectivity index (χ0v) is 14.2. The summed E-state index contributed by atoms with van der Waals surface area (Å²) in [5.41, 5.74) is 7.26. The van der Waals surface area contributed by atoms with E-state index in [1.54, 1.807) is 23.1 Å². The normalized spacial score (nSPS) is 11.0. The molecule has 7 heteroatoms. The Morgan fingerprint density at radius 1 is 1.27 bits per heavy atom. The monoisotopic (exact) mass is 347 g/mol. The number of aromatic nitrogens is 2. The highest BCUT2D eigenvalue weighted by atomic mass is 32.2. The number of nitrogens with two attached hydrogens (primary N) is 1. The van der Waals surface area contributed by atoms with E-state index in [1.165, 1.54) is 23.0 Å². The minimum Gasteiger partial charge on any atom is -0.369 e. The van der Waals surface area contributed by atoms with E-state index in [1.807, 2.05) is 0 Å². The molecule has 22 heavy (non-hydrogen) atoms. The van der Waals surface area contributed by atoms with Gasteiger partial charge in [-0.15, -0.1) is 23.1 Å². The van der Waals surface area contributed by atoms with E-state index in [9.17, 15) is 4.79 Å². The highest BCUT2D eigenvalue weighted by Crippen LogP contribution is 2.37. The van der Waals surface area contributed by atoms with Gasteiger partial charge >= 0.3 is 0 Å². The molecule has 0 aliphatic heterocycles. The molecule has 0 aliphatic rings. The van der Waals surface area contributed by atoms with Gasteiger partial charge in [0.15, 0.2) is 0 Å². The maximum Gasteiger partial charge on any atom is 0.227 e.